The highest BCUT2D eigenvalue weighted by Crippen LogP contribution is 1.98. The van der Waals surface area contributed by atoms with Gasteiger partial charge in [-0.2, -0.15) is 0 Å². The van der Waals surface area contributed by atoms with Crippen molar-refractivity contribution in [3.8, 4) is 0 Å². The first-order chi connectivity index (χ1) is 9.61. The van der Waals surface area contributed by atoms with Crippen molar-refractivity contribution in [3.63, 3.8) is 0 Å². The number of nitrogens with one attached hydrogen (secondary N) is 1. The number of amidine groups is 1. The number of nitrogen functional groups attached to an aromatic ring is 1. The fourth-order valence-electron chi connectivity index (χ4n) is 1.35. The molecule has 0 saturated heterocycles. The van der Waals surface area contributed by atoms with Crippen LogP contribution < -0.4 is 5.73 Å². The Labute approximate surface area is 119 Å². The zero-order chi connectivity index (χ0) is 15.2. The van der Waals surface area contributed by atoms with E-state index in [1.54, 1.807) is 0 Å². The number of hydrogen-bond acceptors (Lipinski definition) is 4. The molecule has 0 aliphatic heterocycles. The minimum absolute atomic E-state index is 0.121. The Balaban J connectivity index is 0.000000367. The number of esters is 1. The Morgan fingerprint density at radius 2 is 1.90 bits per heavy atom. The van der Waals surface area contributed by atoms with Gasteiger partial charge < -0.3 is 10.5 Å². The maximum Gasteiger partial charge on any atom is 0.371 e. The van der Waals surface area contributed by atoms with Gasteiger partial charge in [-0.05, 0) is 6.42 Å². The molecule has 0 radical (unpaired) electrons. The molecule has 5 heteroatoms. The molecule has 0 aromatic heterocycles. The fraction of sp³-hybridized carbons (Fsp3) is 0.400. The Morgan fingerprint density at radius 1 is 1.25 bits per heavy atom. The maximum atomic E-state index is 10.3. The van der Waals surface area contributed by atoms with E-state index in [1.165, 1.54) is 0 Å². The standard InChI is InChI=1S/C8H14O3.C7H8N2/c1-2-3-4-5-6-11-8(10)7-9;8-7(9)6-4-2-1-3-5-6/h7H,2-6H2,1H3;1-5H,(H3,8,9). The van der Waals surface area contributed by atoms with Crippen LogP contribution in [0.3, 0.4) is 0 Å². The van der Waals surface area contributed by atoms with Gasteiger partial charge in [-0.25, -0.2) is 4.79 Å². The van der Waals surface area contributed by atoms with Gasteiger partial charge in [-0.3, -0.25) is 10.2 Å². The summed E-state index contributed by atoms with van der Waals surface area (Å²) in [5, 5.41) is 7.01. The molecule has 0 amide bonds. The highest BCUT2D eigenvalue weighted by molar-refractivity contribution is 6.20. The molecule has 0 heterocycles. The molecule has 0 aliphatic carbocycles. The van der Waals surface area contributed by atoms with Crippen LogP contribution in [0.5, 0.6) is 0 Å². The first kappa shape index (κ1) is 17.8. The Morgan fingerprint density at radius 3 is 2.35 bits per heavy atom. The molecule has 0 aliphatic rings. The predicted octanol–water partition coefficient (Wildman–Crippen LogP) is 2.28. The summed E-state index contributed by atoms with van der Waals surface area (Å²) < 4.78 is 4.53. The van der Waals surface area contributed by atoms with E-state index < -0.39 is 5.97 Å². The third kappa shape index (κ3) is 9.82. The van der Waals surface area contributed by atoms with Gasteiger partial charge in [0, 0.05) is 5.56 Å². The number of carbonyl (C=O) groups is 2. The molecule has 1 aromatic carbocycles. The lowest BCUT2D eigenvalue weighted by Crippen LogP contribution is -2.10. The van der Waals surface area contributed by atoms with E-state index in [9.17, 15) is 9.59 Å². The minimum atomic E-state index is -0.763. The maximum absolute atomic E-state index is 10.3. The molecular formula is C15H22N2O3. The van der Waals surface area contributed by atoms with Gasteiger partial charge >= 0.3 is 5.97 Å². The summed E-state index contributed by atoms with van der Waals surface area (Å²) in [5.74, 6) is -0.642. The highest BCUT2D eigenvalue weighted by atomic mass is 16.5. The summed E-state index contributed by atoms with van der Waals surface area (Å²) >= 11 is 0. The molecule has 0 saturated carbocycles. The third-order valence-corrected chi connectivity index (χ3v) is 2.42. The molecule has 0 atom stereocenters. The largest absolute Gasteiger partial charge is 0.460 e. The van der Waals surface area contributed by atoms with E-state index in [1.807, 2.05) is 30.3 Å². The van der Waals surface area contributed by atoms with Gasteiger partial charge in [0.05, 0.1) is 6.61 Å². The Kier molecular flexibility index (Phi) is 10.6. The molecular weight excluding hydrogens is 256 g/mol. The number of unbranched alkanes of at least 4 members (excludes halogenated alkanes) is 3. The first-order valence-corrected chi connectivity index (χ1v) is 6.63. The number of aldehydes is 1. The molecule has 0 bridgehead atoms. The van der Waals surface area contributed by atoms with Crippen molar-refractivity contribution in [1.29, 1.82) is 5.41 Å². The monoisotopic (exact) mass is 278 g/mol. The van der Waals surface area contributed by atoms with Crippen LogP contribution in [-0.4, -0.2) is 24.7 Å². The second-order valence-corrected chi connectivity index (χ2v) is 4.13. The summed E-state index contributed by atoms with van der Waals surface area (Å²) in [5.41, 5.74) is 5.97. The van der Waals surface area contributed by atoms with Crippen LogP contribution in [0.4, 0.5) is 0 Å². The lowest BCUT2D eigenvalue weighted by molar-refractivity contribution is -0.148. The summed E-state index contributed by atoms with van der Waals surface area (Å²) in [6.45, 7) is 2.48. The second kappa shape index (κ2) is 11.9. The average molecular weight is 278 g/mol. The SMILES string of the molecule is CCCCCCOC(=O)C=O.N=C(N)c1ccccc1. The van der Waals surface area contributed by atoms with Gasteiger partial charge in [0.1, 0.15) is 5.84 Å². The number of nitrogens with two attached hydrogens (primary N) is 1. The van der Waals surface area contributed by atoms with Crippen molar-refractivity contribution in [2.75, 3.05) is 6.61 Å². The van der Waals surface area contributed by atoms with Crippen LogP contribution in [0.25, 0.3) is 0 Å². The van der Waals surface area contributed by atoms with E-state index in [0.717, 1.165) is 31.2 Å². The van der Waals surface area contributed by atoms with Gasteiger partial charge in [-0.1, -0.05) is 56.5 Å². The van der Waals surface area contributed by atoms with Crippen LogP contribution in [0, 0.1) is 5.41 Å². The topological polar surface area (TPSA) is 93.2 Å². The van der Waals surface area contributed by atoms with Crippen molar-refractivity contribution in [2.24, 2.45) is 5.73 Å². The molecule has 1 aromatic rings. The van der Waals surface area contributed by atoms with Gasteiger partial charge in [-0.15, -0.1) is 0 Å². The number of hydrogen-bond donors (Lipinski definition) is 2. The Hall–Kier alpha value is -2.17. The minimum Gasteiger partial charge on any atom is -0.460 e. The van der Waals surface area contributed by atoms with E-state index in [4.69, 9.17) is 11.1 Å². The zero-order valence-electron chi connectivity index (χ0n) is 11.8. The molecule has 0 spiro atoms. The van der Waals surface area contributed by atoms with E-state index in [0.29, 0.717) is 6.61 Å². The third-order valence-electron chi connectivity index (χ3n) is 2.42. The molecule has 110 valence electrons. The second-order valence-electron chi connectivity index (χ2n) is 4.13. The van der Waals surface area contributed by atoms with E-state index >= 15 is 0 Å². The van der Waals surface area contributed by atoms with Crippen molar-refractivity contribution < 1.29 is 14.3 Å². The molecule has 0 fully saturated rings. The average Bonchev–Trinajstić information content (AvgIpc) is 2.48. The van der Waals surface area contributed by atoms with Crippen LogP contribution in [-0.2, 0) is 14.3 Å². The number of benzene rings is 1. The molecule has 1 rings (SSSR count). The summed E-state index contributed by atoms with van der Waals surface area (Å²) in [6, 6.07) is 9.23. The van der Waals surface area contributed by atoms with Crippen LogP contribution in [0.15, 0.2) is 30.3 Å². The van der Waals surface area contributed by atoms with Crippen molar-refractivity contribution >= 4 is 18.1 Å². The van der Waals surface area contributed by atoms with Gasteiger partial charge in [0.15, 0.2) is 0 Å². The van der Waals surface area contributed by atoms with Gasteiger partial charge in [0.25, 0.3) is 0 Å². The van der Waals surface area contributed by atoms with Crippen molar-refractivity contribution in [3.05, 3.63) is 35.9 Å². The molecule has 20 heavy (non-hydrogen) atoms. The smallest absolute Gasteiger partial charge is 0.371 e. The molecule has 3 N–H and O–H groups in total. The lowest BCUT2D eigenvalue weighted by atomic mass is 10.2. The van der Waals surface area contributed by atoms with Crippen LogP contribution in [0.1, 0.15) is 38.2 Å². The first-order valence-electron chi connectivity index (χ1n) is 6.63. The summed E-state index contributed by atoms with van der Waals surface area (Å²) in [4.78, 5) is 20.0. The fourth-order valence-corrected chi connectivity index (χ4v) is 1.35. The van der Waals surface area contributed by atoms with E-state index in [2.05, 4.69) is 11.7 Å². The number of rotatable bonds is 7. The number of ether oxygens (including phenoxy) is 1. The zero-order valence-corrected chi connectivity index (χ0v) is 11.8. The normalized spacial score (nSPS) is 9.05. The van der Waals surface area contributed by atoms with Crippen molar-refractivity contribution in [1.82, 2.24) is 0 Å². The van der Waals surface area contributed by atoms with Crippen molar-refractivity contribution in [2.45, 2.75) is 32.6 Å². The van der Waals surface area contributed by atoms with Gasteiger partial charge in [0.2, 0.25) is 6.29 Å². The predicted molar refractivity (Wildman–Crippen MR) is 78.6 cm³/mol. The lowest BCUT2D eigenvalue weighted by Gasteiger charge is -1.98. The van der Waals surface area contributed by atoms with Crippen LogP contribution >= 0.6 is 0 Å². The quantitative estimate of drug-likeness (QED) is 0.200. The highest BCUT2D eigenvalue weighted by Gasteiger charge is 1.96. The van der Waals surface area contributed by atoms with Crippen LogP contribution in [0.2, 0.25) is 0 Å². The molecule has 5 nitrogen and oxygen atoms in total. The van der Waals surface area contributed by atoms with E-state index in [-0.39, 0.29) is 12.1 Å². The number of carbonyl (C=O) groups excluding carboxylic acids is 2. The summed E-state index contributed by atoms with van der Waals surface area (Å²) in [6.07, 6.45) is 4.41. The Bertz CT molecular complexity index is 405. The summed E-state index contributed by atoms with van der Waals surface area (Å²) in [7, 11) is 0. The molecule has 0 unspecified atom stereocenters.